The Hall–Kier alpha value is -3.90. The number of aromatic nitrogens is 1. The maximum absolute atomic E-state index is 12.5. The van der Waals surface area contributed by atoms with Crippen LogP contribution in [0, 0.1) is 0 Å². The van der Waals surface area contributed by atoms with Crippen molar-refractivity contribution in [1.29, 1.82) is 0 Å². The zero-order valence-corrected chi connectivity index (χ0v) is 19.0. The van der Waals surface area contributed by atoms with Gasteiger partial charge in [-0.2, -0.15) is 0 Å². The number of amides is 1. The zero-order chi connectivity index (χ0) is 24.0. The van der Waals surface area contributed by atoms with Crippen LogP contribution in [0.25, 0.3) is 10.9 Å². The first-order valence-electron chi connectivity index (χ1n) is 11.4. The fourth-order valence-electron chi connectivity index (χ4n) is 4.18. The zero-order valence-electron chi connectivity index (χ0n) is 19.0. The molecule has 6 nitrogen and oxygen atoms in total. The molecule has 1 aromatic heterocycles. The molecule has 1 aliphatic rings. The van der Waals surface area contributed by atoms with Crippen LogP contribution in [0.4, 0.5) is 5.69 Å². The number of nitrogen functional groups attached to an aromatic ring is 1. The number of phenolic OH excluding ortho intramolecular Hbond substituents is 1. The van der Waals surface area contributed by atoms with Gasteiger partial charge in [0.15, 0.2) is 0 Å². The van der Waals surface area contributed by atoms with Crippen LogP contribution in [0.1, 0.15) is 28.8 Å². The Kier molecular flexibility index (Phi) is 7.09. The van der Waals surface area contributed by atoms with Crippen molar-refractivity contribution >= 4 is 22.5 Å². The van der Waals surface area contributed by atoms with Gasteiger partial charge < -0.3 is 20.8 Å². The minimum atomic E-state index is -0.723. The largest absolute Gasteiger partial charge is 0.506 e. The molecule has 1 aliphatic heterocycles. The maximum atomic E-state index is 12.5. The molecular formula is C28H29N3O3. The van der Waals surface area contributed by atoms with Crippen molar-refractivity contribution < 1.29 is 15.0 Å². The molecule has 0 spiro atoms. The van der Waals surface area contributed by atoms with Gasteiger partial charge in [0.05, 0.1) is 5.60 Å². The number of aromatic hydroxyl groups is 1. The van der Waals surface area contributed by atoms with Crippen molar-refractivity contribution in [3.05, 3.63) is 102 Å². The Bertz CT molecular complexity index is 1230. The fourth-order valence-corrected chi connectivity index (χ4v) is 4.18. The quantitative estimate of drug-likeness (QED) is 0.397. The van der Waals surface area contributed by atoms with E-state index in [0.29, 0.717) is 49.1 Å². The Morgan fingerprint density at radius 1 is 0.912 bits per heavy atom. The number of carbonyl (C=O) groups excluding carboxylic acids is 1. The van der Waals surface area contributed by atoms with Crippen LogP contribution in [0.15, 0.2) is 91.1 Å². The molecule has 6 heteroatoms. The maximum Gasteiger partial charge on any atom is 0.253 e. The van der Waals surface area contributed by atoms with Crippen LogP contribution in [-0.2, 0) is 6.42 Å². The minimum absolute atomic E-state index is 0.00626. The van der Waals surface area contributed by atoms with Crippen molar-refractivity contribution in [1.82, 2.24) is 9.88 Å². The Morgan fingerprint density at radius 2 is 1.59 bits per heavy atom. The average molecular weight is 456 g/mol. The second-order valence-corrected chi connectivity index (χ2v) is 8.65. The van der Waals surface area contributed by atoms with Crippen molar-refractivity contribution in [2.24, 2.45) is 0 Å². The van der Waals surface area contributed by atoms with E-state index in [1.54, 1.807) is 42.6 Å². The molecule has 0 bridgehead atoms. The van der Waals surface area contributed by atoms with Gasteiger partial charge in [0.1, 0.15) is 11.3 Å². The lowest BCUT2D eigenvalue weighted by Gasteiger charge is -2.38. The number of nitrogens with zero attached hydrogens (tertiary/aromatic N) is 2. The summed E-state index contributed by atoms with van der Waals surface area (Å²) >= 11 is 0. The molecule has 0 radical (unpaired) electrons. The molecular weight excluding hydrogens is 426 g/mol. The Morgan fingerprint density at radius 3 is 2.26 bits per heavy atom. The van der Waals surface area contributed by atoms with Crippen LogP contribution >= 0.6 is 0 Å². The number of hydrogen-bond donors (Lipinski definition) is 3. The number of para-hydroxylation sites is 1. The van der Waals surface area contributed by atoms with Gasteiger partial charge in [0, 0.05) is 42.3 Å². The third-order valence-corrected chi connectivity index (χ3v) is 6.13. The van der Waals surface area contributed by atoms with Gasteiger partial charge in [0.25, 0.3) is 5.91 Å². The third kappa shape index (κ3) is 5.71. The molecule has 4 aromatic rings. The average Bonchev–Trinajstić information content (AvgIpc) is 2.86. The first-order chi connectivity index (χ1) is 16.4. The van der Waals surface area contributed by atoms with Gasteiger partial charge in [-0.25, -0.2) is 0 Å². The highest BCUT2D eigenvalue weighted by atomic mass is 16.3. The van der Waals surface area contributed by atoms with Crippen LogP contribution in [-0.4, -0.2) is 44.7 Å². The fraction of sp³-hybridized carbons (Fsp3) is 0.214. The Labute approximate surface area is 199 Å². The van der Waals surface area contributed by atoms with E-state index in [9.17, 15) is 15.0 Å². The van der Waals surface area contributed by atoms with E-state index in [-0.39, 0.29) is 11.7 Å². The topological polar surface area (TPSA) is 99.7 Å². The third-order valence-electron chi connectivity index (χ3n) is 6.13. The molecule has 4 N–H and O–H groups in total. The SMILES string of the molecule is Nc1ccc(C(=O)N2CCC(O)(Cc3ccccc3)CC2)cc1.Oc1cccc2cccnc12. The van der Waals surface area contributed by atoms with Crippen LogP contribution in [0.3, 0.4) is 0 Å². The molecule has 34 heavy (non-hydrogen) atoms. The highest BCUT2D eigenvalue weighted by Gasteiger charge is 2.34. The number of carbonyl (C=O) groups is 1. The molecule has 1 fully saturated rings. The number of phenols is 1. The number of aliphatic hydroxyl groups is 1. The van der Waals surface area contributed by atoms with E-state index < -0.39 is 5.60 Å². The smallest absolute Gasteiger partial charge is 0.253 e. The molecule has 1 amide bonds. The second-order valence-electron chi connectivity index (χ2n) is 8.65. The van der Waals surface area contributed by atoms with Crippen molar-refractivity contribution in [3.63, 3.8) is 0 Å². The molecule has 3 aromatic carbocycles. The van der Waals surface area contributed by atoms with Crippen LogP contribution in [0.2, 0.25) is 0 Å². The standard InChI is InChI=1S/C19H22N2O2.C9H7NO/c20-17-8-6-16(7-9-17)18(22)21-12-10-19(23,11-13-21)14-15-4-2-1-3-5-15;11-8-5-1-3-7-4-2-6-10-9(7)8/h1-9,23H,10-14,20H2;1-6,11H. The molecule has 1 saturated heterocycles. The number of hydrogen-bond acceptors (Lipinski definition) is 5. The molecule has 0 aliphatic carbocycles. The number of pyridine rings is 1. The molecule has 0 unspecified atom stereocenters. The number of nitrogens with two attached hydrogens (primary N) is 1. The van der Waals surface area contributed by atoms with E-state index in [1.807, 2.05) is 53.4 Å². The van der Waals surface area contributed by atoms with E-state index in [2.05, 4.69) is 4.98 Å². The molecule has 174 valence electrons. The van der Waals surface area contributed by atoms with Gasteiger partial charge in [-0.1, -0.05) is 48.5 Å². The predicted octanol–water partition coefficient (Wildman–Crippen LogP) is 4.42. The van der Waals surface area contributed by atoms with Crippen molar-refractivity contribution in [2.45, 2.75) is 24.9 Å². The number of likely N-dealkylation sites (tertiary alicyclic amines) is 1. The highest BCUT2D eigenvalue weighted by Crippen LogP contribution is 2.27. The summed E-state index contributed by atoms with van der Waals surface area (Å²) in [5, 5.41) is 21.1. The first-order valence-corrected chi connectivity index (χ1v) is 11.4. The van der Waals surface area contributed by atoms with Gasteiger partial charge >= 0.3 is 0 Å². The van der Waals surface area contributed by atoms with Crippen molar-refractivity contribution in [3.8, 4) is 5.75 Å². The van der Waals surface area contributed by atoms with E-state index in [1.165, 1.54) is 0 Å². The minimum Gasteiger partial charge on any atom is -0.506 e. The molecule has 5 rings (SSSR count). The van der Waals surface area contributed by atoms with Crippen LogP contribution in [0.5, 0.6) is 5.75 Å². The molecule has 0 atom stereocenters. The molecule has 0 saturated carbocycles. The van der Waals surface area contributed by atoms with Gasteiger partial charge in [-0.3, -0.25) is 9.78 Å². The molecule has 2 heterocycles. The summed E-state index contributed by atoms with van der Waals surface area (Å²) < 4.78 is 0. The van der Waals surface area contributed by atoms with Gasteiger partial charge in [-0.05, 0) is 54.8 Å². The van der Waals surface area contributed by atoms with E-state index >= 15 is 0 Å². The summed E-state index contributed by atoms with van der Waals surface area (Å²) in [6.45, 7) is 1.15. The van der Waals surface area contributed by atoms with Crippen LogP contribution < -0.4 is 5.73 Å². The van der Waals surface area contributed by atoms with Crippen molar-refractivity contribution in [2.75, 3.05) is 18.8 Å². The Balaban J connectivity index is 0.000000207. The number of anilines is 1. The normalized spacial score (nSPS) is 14.8. The lowest BCUT2D eigenvalue weighted by Crippen LogP contribution is -2.47. The number of fused-ring (bicyclic) bond motifs is 1. The first kappa shape index (κ1) is 23.3. The number of rotatable bonds is 3. The van der Waals surface area contributed by atoms with Gasteiger partial charge in [-0.15, -0.1) is 0 Å². The highest BCUT2D eigenvalue weighted by molar-refractivity contribution is 5.94. The summed E-state index contributed by atoms with van der Waals surface area (Å²) in [5.74, 6) is 0.245. The van der Waals surface area contributed by atoms with E-state index in [4.69, 9.17) is 5.73 Å². The summed E-state index contributed by atoms with van der Waals surface area (Å²) in [4.78, 5) is 18.3. The summed E-state index contributed by atoms with van der Waals surface area (Å²) in [7, 11) is 0. The second kappa shape index (κ2) is 10.4. The number of benzene rings is 3. The lowest BCUT2D eigenvalue weighted by molar-refractivity contribution is -0.0162. The van der Waals surface area contributed by atoms with Gasteiger partial charge in [0.2, 0.25) is 0 Å². The van der Waals surface area contributed by atoms with E-state index in [0.717, 1.165) is 10.9 Å². The predicted molar refractivity (Wildman–Crippen MR) is 134 cm³/mol. The summed E-state index contributed by atoms with van der Waals surface area (Å²) in [6, 6.07) is 26.1. The number of piperidine rings is 1. The summed E-state index contributed by atoms with van der Waals surface area (Å²) in [6.07, 6.45) is 3.50. The monoisotopic (exact) mass is 455 g/mol. The lowest BCUT2D eigenvalue weighted by atomic mass is 9.85. The summed E-state index contributed by atoms with van der Waals surface area (Å²) in [5.41, 5.74) is 8.02.